The topological polar surface area (TPSA) is 30.5 Å². The van der Waals surface area contributed by atoms with Crippen LogP contribution < -0.4 is 14.8 Å². The third kappa shape index (κ3) is 4.91. The van der Waals surface area contributed by atoms with E-state index in [2.05, 4.69) is 72.3 Å². The molecule has 1 N–H and O–H groups in total. The van der Waals surface area contributed by atoms with Crippen LogP contribution in [0.5, 0.6) is 11.5 Å². The lowest BCUT2D eigenvalue weighted by molar-refractivity contribution is 0.275. The van der Waals surface area contributed by atoms with Gasteiger partial charge < -0.3 is 14.8 Å². The van der Waals surface area contributed by atoms with E-state index >= 15 is 0 Å². The number of halogens is 1. The molecule has 0 fully saturated rings. The monoisotopic (exact) mass is 391 g/mol. The van der Waals surface area contributed by atoms with Crippen LogP contribution in [-0.4, -0.2) is 13.2 Å². The summed E-state index contributed by atoms with van der Waals surface area (Å²) < 4.78 is 12.5. The molecule has 130 valence electrons. The van der Waals surface area contributed by atoms with E-state index in [4.69, 9.17) is 9.47 Å². The third-order valence-electron chi connectivity index (χ3n) is 3.70. The van der Waals surface area contributed by atoms with E-state index < -0.39 is 0 Å². The SMILES string of the molecule is CCCOc1c(Br)cc(CNc2cc(C)ccc2C)cc1OCC. The number of benzene rings is 2. The van der Waals surface area contributed by atoms with Crippen molar-refractivity contribution >= 4 is 21.6 Å². The Labute approximate surface area is 153 Å². The van der Waals surface area contributed by atoms with Crippen LogP contribution in [0.1, 0.15) is 37.0 Å². The molecule has 0 radical (unpaired) electrons. The lowest BCUT2D eigenvalue weighted by atomic mass is 10.1. The number of nitrogens with one attached hydrogen (secondary N) is 1. The molecule has 0 atom stereocenters. The van der Waals surface area contributed by atoms with Crippen LogP contribution >= 0.6 is 15.9 Å². The Morgan fingerprint density at radius 3 is 2.54 bits per heavy atom. The van der Waals surface area contributed by atoms with Crippen LogP contribution in [0.25, 0.3) is 0 Å². The van der Waals surface area contributed by atoms with Gasteiger partial charge in [0.1, 0.15) is 0 Å². The Hall–Kier alpha value is -1.68. The minimum absolute atomic E-state index is 0.614. The molecule has 0 heterocycles. The van der Waals surface area contributed by atoms with Crippen molar-refractivity contribution in [3.63, 3.8) is 0 Å². The van der Waals surface area contributed by atoms with Crippen LogP contribution in [0.15, 0.2) is 34.8 Å². The molecule has 24 heavy (non-hydrogen) atoms. The molecule has 0 spiro atoms. The average Bonchev–Trinajstić information content (AvgIpc) is 2.55. The Morgan fingerprint density at radius 2 is 1.83 bits per heavy atom. The van der Waals surface area contributed by atoms with Crippen LogP contribution in [0.4, 0.5) is 5.69 Å². The molecule has 3 nitrogen and oxygen atoms in total. The zero-order valence-corrected chi connectivity index (χ0v) is 16.5. The van der Waals surface area contributed by atoms with Crippen molar-refractivity contribution in [3.05, 3.63) is 51.5 Å². The van der Waals surface area contributed by atoms with Gasteiger partial charge in [-0.15, -0.1) is 0 Å². The smallest absolute Gasteiger partial charge is 0.175 e. The Bertz CT molecular complexity index is 686. The van der Waals surface area contributed by atoms with Gasteiger partial charge in [0, 0.05) is 12.2 Å². The molecule has 0 saturated carbocycles. The molecule has 2 rings (SSSR count). The van der Waals surface area contributed by atoms with Gasteiger partial charge in [0.25, 0.3) is 0 Å². The van der Waals surface area contributed by atoms with Gasteiger partial charge in [-0.25, -0.2) is 0 Å². The highest BCUT2D eigenvalue weighted by atomic mass is 79.9. The van der Waals surface area contributed by atoms with E-state index in [0.717, 1.165) is 40.2 Å². The summed E-state index contributed by atoms with van der Waals surface area (Å²) in [6, 6.07) is 10.6. The first-order valence-corrected chi connectivity index (χ1v) is 9.23. The minimum atomic E-state index is 0.614. The fourth-order valence-electron chi connectivity index (χ4n) is 2.45. The van der Waals surface area contributed by atoms with Crippen LogP contribution in [0, 0.1) is 13.8 Å². The fourth-order valence-corrected chi connectivity index (χ4v) is 3.06. The quantitative estimate of drug-likeness (QED) is 0.610. The standard InChI is InChI=1S/C20H26BrNO2/c1-5-9-24-20-17(21)11-16(12-19(20)23-6-2)13-22-18-10-14(3)7-8-15(18)4/h7-8,10-12,22H,5-6,9,13H2,1-4H3. The lowest BCUT2D eigenvalue weighted by Crippen LogP contribution is -2.05. The summed E-state index contributed by atoms with van der Waals surface area (Å²) in [6.07, 6.45) is 0.966. The number of rotatable bonds is 8. The fraction of sp³-hybridized carbons (Fsp3) is 0.400. The molecule has 0 aromatic heterocycles. The van der Waals surface area contributed by atoms with Gasteiger partial charge in [0.05, 0.1) is 17.7 Å². The van der Waals surface area contributed by atoms with E-state index in [-0.39, 0.29) is 0 Å². The Balaban J connectivity index is 2.19. The molecule has 0 aliphatic rings. The molecule has 0 aliphatic carbocycles. The third-order valence-corrected chi connectivity index (χ3v) is 4.28. The maximum Gasteiger partial charge on any atom is 0.175 e. The molecule has 0 bridgehead atoms. The lowest BCUT2D eigenvalue weighted by Gasteiger charge is -2.16. The predicted molar refractivity (Wildman–Crippen MR) is 104 cm³/mol. The first kappa shape index (κ1) is 18.7. The molecular formula is C20H26BrNO2. The van der Waals surface area contributed by atoms with Gasteiger partial charge in [-0.3, -0.25) is 0 Å². The summed E-state index contributed by atoms with van der Waals surface area (Å²) in [5, 5.41) is 3.51. The van der Waals surface area contributed by atoms with Crippen molar-refractivity contribution < 1.29 is 9.47 Å². The number of anilines is 1. The highest BCUT2D eigenvalue weighted by molar-refractivity contribution is 9.10. The average molecular weight is 392 g/mol. The number of ether oxygens (including phenoxy) is 2. The van der Waals surface area contributed by atoms with Crippen molar-refractivity contribution in [2.75, 3.05) is 18.5 Å². The summed E-state index contributed by atoms with van der Waals surface area (Å²) in [5.74, 6) is 1.58. The summed E-state index contributed by atoms with van der Waals surface area (Å²) in [7, 11) is 0. The molecule has 4 heteroatoms. The zero-order valence-electron chi connectivity index (χ0n) is 14.9. The van der Waals surface area contributed by atoms with Gasteiger partial charge in [-0.05, 0) is 78.0 Å². The summed E-state index contributed by atoms with van der Waals surface area (Å²) in [4.78, 5) is 0. The van der Waals surface area contributed by atoms with Crippen LogP contribution in [-0.2, 0) is 6.54 Å². The number of hydrogen-bond acceptors (Lipinski definition) is 3. The molecule has 0 unspecified atom stereocenters. The first-order valence-electron chi connectivity index (χ1n) is 8.44. The summed E-state index contributed by atoms with van der Waals surface area (Å²) in [6.45, 7) is 10.3. The molecule has 0 aliphatic heterocycles. The van der Waals surface area contributed by atoms with Gasteiger partial charge in [-0.2, -0.15) is 0 Å². The number of hydrogen-bond donors (Lipinski definition) is 1. The Kier molecular flexibility index (Phi) is 6.98. The molecule has 2 aromatic rings. The van der Waals surface area contributed by atoms with E-state index in [1.54, 1.807) is 0 Å². The summed E-state index contributed by atoms with van der Waals surface area (Å²) in [5.41, 5.74) is 4.81. The largest absolute Gasteiger partial charge is 0.490 e. The van der Waals surface area contributed by atoms with Crippen molar-refractivity contribution in [1.82, 2.24) is 0 Å². The van der Waals surface area contributed by atoms with Crippen molar-refractivity contribution in [2.45, 2.75) is 40.7 Å². The summed E-state index contributed by atoms with van der Waals surface area (Å²) >= 11 is 3.62. The van der Waals surface area contributed by atoms with Gasteiger partial charge in [-0.1, -0.05) is 19.1 Å². The molecule has 2 aromatic carbocycles. The molecule has 0 amide bonds. The van der Waals surface area contributed by atoms with Crippen LogP contribution in [0.2, 0.25) is 0 Å². The normalized spacial score (nSPS) is 10.5. The number of aryl methyl sites for hydroxylation is 2. The zero-order chi connectivity index (χ0) is 17.5. The van der Waals surface area contributed by atoms with Gasteiger partial charge >= 0.3 is 0 Å². The van der Waals surface area contributed by atoms with E-state index in [1.807, 2.05) is 6.92 Å². The van der Waals surface area contributed by atoms with E-state index in [1.165, 1.54) is 11.1 Å². The minimum Gasteiger partial charge on any atom is -0.490 e. The van der Waals surface area contributed by atoms with Crippen molar-refractivity contribution in [3.8, 4) is 11.5 Å². The second kappa shape index (κ2) is 8.97. The van der Waals surface area contributed by atoms with E-state index in [0.29, 0.717) is 13.2 Å². The van der Waals surface area contributed by atoms with Gasteiger partial charge in [0.15, 0.2) is 11.5 Å². The maximum atomic E-state index is 5.83. The van der Waals surface area contributed by atoms with Crippen molar-refractivity contribution in [1.29, 1.82) is 0 Å². The van der Waals surface area contributed by atoms with Gasteiger partial charge in [0.2, 0.25) is 0 Å². The predicted octanol–water partition coefficient (Wildman–Crippen LogP) is 5.87. The van der Waals surface area contributed by atoms with Crippen LogP contribution in [0.3, 0.4) is 0 Å². The van der Waals surface area contributed by atoms with Crippen molar-refractivity contribution in [2.24, 2.45) is 0 Å². The second-order valence-electron chi connectivity index (χ2n) is 5.86. The highest BCUT2D eigenvalue weighted by Gasteiger charge is 2.12. The molecule has 0 saturated heterocycles. The first-order chi connectivity index (χ1) is 11.5. The molecular weight excluding hydrogens is 366 g/mol. The highest BCUT2D eigenvalue weighted by Crippen LogP contribution is 2.37. The Morgan fingerprint density at radius 1 is 1.04 bits per heavy atom. The van der Waals surface area contributed by atoms with E-state index in [9.17, 15) is 0 Å². The maximum absolute atomic E-state index is 5.83. The second-order valence-corrected chi connectivity index (χ2v) is 6.71.